The first kappa shape index (κ1) is 14.7. The molecule has 21 heavy (non-hydrogen) atoms. The molecule has 2 nitrogen and oxygen atoms in total. The summed E-state index contributed by atoms with van der Waals surface area (Å²) >= 11 is 1.89. The minimum atomic E-state index is 0.520. The molecule has 1 N–H and O–H groups in total. The van der Waals surface area contributed by atoms with E-state index in [1.807, 2.05) is 11.3 Å². The summed E-state index contributed by atoms with van der Waals surface area (Å²) in [6.45, 7) is 7.67. The molecule has 0 bridgehead atoms. The van der Waals surface area contributed by atoms with Crippen LogP contribution in [0.1, 0.15) is 53.9 Å². The van der Waals surface area contributed by atoms with Gasteiger partial charge in [0.1, 0.15) is 5.01 Å². The van der Waals surface area contributed by atoms with Gasteiger partial charge >= 0.3 is 0 Å². The molecule has 112 valence electrons. The first-order chi connectivity index (χ1) is 10.2. The first-order valence-corrected chi connectivity index (χ1v) is 8.81. The fourth-order valence-corrected chi connectivity index (χ4v) is 4.15. The molecule has 0 saturated heterocycles. The molecule has 3 heteroatoms. The maximum Gasteiger partial charge on any atom is 0.123 e. The summed E-state index contributed by atoms with van der Waals surface area (Å²) in [5, 5.41) is 4.87. The normalized spacial score (nSPS) is 17.8. The van der Waals surface area contributed by atoms with E-state index < -0.39 is 0 Å². The van der Waals surface area contributed by atoms with Crippen LogP contribution in [0.3, 0.4) is 0 Å². The summed E-state index contributed by atoms with van der Waals surface area (Å²) in [5.74, 6) is 0. The highest BCUT2D eigenvalue weighted by molar-refractivity contribution is 7.15. The lowest BCUT2D eigenvalue weighted by atomic mass is 9.98. The van der Waals surface area contributed by atoms with Crippen molar-refractivity contribution >= 4 is 11.3 Å². The van der Waals surface area contributed by atoms with Crippen LogP contribution in [0.5, 0.6) is 0 Å². The third-order valence-corrected chi connectivity index (χ3v) is 5.61. The van der Waals surface area contributed by atoms with Gasteiger partial charge in [-0.25, -0.2) is 4.98 Å². The molecular weight excluding hydrogens is 276 g/mol. The molecule has 1 unspecified atom stereocenters. The molecular formula is C18H24N2S. The SMILES string of the molecule is CCCNC1CCCc2nc(-c3ccc(C)c(C)c3)sc21. The monoisotopic (exact) mass is 300 g/mol. The predicted octanol–water partition coefficient (Wildman–Crippen LogP) is 4.80. The van der Waals surface area contributed by atoms with E-state index in [0.717, 1.165) is 13.0 Å². The highest BCUT2D eigenvalue weighted by Crippen LogP contribution is 2.38. The Balaban J connectivity index is 1.91. The van der Waals surface area contributed by atoms with Crippen molar-refractivity contribution in [1.82, 2.24) is 10.3 Å². The molecule has 1 aromatic carbocycles. The molecule has 1 aliphatic rings. The Bertz CT molecular complexity index is 630. The highest BCUT2D eigenvalue weighted by atomic mass is 32.1. The number of nitrogens with one attached hydrogen (secondary N) is 1. The van der Waals surface area contributed by atoms with Gasteiger partial charge in [-0.3, -0.25) is 0 Å². The molecule has 1 aromatic heterocycles. The third kappa shape index (κ3) is 3.04. The Hall–Kier alpha value is -1.19. The van der Waals surface area contributed by atoms with Crippen molar-refractivity contribution in [3.8, 4) is 10.6 Å². The molecule has 0 spiro atoms. The van der Waals surface area contributed by atoms with Crippen molar-refractivity contribution in [3.05, 3.63) is 39.9 Å². The van der Waals surface area contributed by atoms with Crippen LogP contribution in [0, 0.1) is 13.8 Å². The number of hydrogen-bond acceptors (Lipinski definition) is 3. The highest BCUT2D eigenvalue weighted by Gasteiger charge is 2.24. The largest absolute Gasteiger partial charge is 0.309 e. The standard InChI is InChI=1S/C18H24N2S/c1-4-10-19-15-6-5-7-16-17(15)21-18(20-16)14-9-8-12(2)13(3)11-14/h8-9,11,15,19H,4-7,10H2,1-3H3. The van der Waals surface area contributed by atoms with Crippen LogP contribution < -0.4 is 5.32 Å². The number of aryl methyl sites for hydroxylation is 3. The van der Waals surface area contributed by atoms with Crippen molar-refractivity contribution in [1.29, 1.82) is 0 Å². The predicted molar refractivity (Wildman–Crippen MR) is 91.0 cm³/mol. The second-order valence-corrected chi connectivity index (χ2v) is 7.06. The molecule has 0 amide bonds. The Morgan fingerprint density at radius 2 is 2.14 bits per heavy atom. The zero-order chi connectivity index (χ0) is 14.8. The maximum absolute atomic E-state index is 4.93. The second kappa shape index (κ2) is 6.29. The summed E-state index contributed by atoms with van der Waals surface area (Å²) in [6, 6.07) is 7.21. The van der Waals surface area contributed by atoms with Gasteiger partial charge in [0.2, 0.25) is 0 Å². The number of nitrogens with zero attached hydrogens (tertiary/aromatic N) is 1. The summed E-state index contributed by atoms with van der Waals surface area (Å²) in [7, 11) is 0. The Morgan fingerprint density at radius 1 is 1.29 bits per heavy atom. The van der Waals surface area contributed by atoms with Gasteiger partial charge in [0.05, 0.1) is 5.69 Å². The second-order valence-electron chi connectivity index (χ2n) is 6.03. The van der Waals surface area contributed by atoms with E-state index in [9.17, 15) is 0 Å². The van der Waals surface area contributed by atoms with Crippen LogP contribution in [-0.4, -0.2) is 11.5 Å². The van der Waals surface area contributed by atoms with Crippen molar-refractivity contribution in [2.45, 2.75) is 52.5 Å². The van der Waals surface area contributed by atoms with E-state index in [1.165, 1.54) is 51.5 Å². The van der Waals surface area contributed by atoms with Gasteiger partial charge in [0.25, 0.3) is 0 Å². The summed E-state index contributed by atoms with van der Waals surface area (Å²) in [5.41, 5.74) is 5.30. The molecule has 1 aliphatic carbocycles. The third-order valence-electron chi connectivity index (χ3n) is 4.35. The van der Waals surface area contributed by atoms with Crippen LogP contribution >= 0.6 is 11.3 Å². The van der Waals surface area contributed by atoms with Gasteiger partial charge in [-0.2, -0.15) is 0 Å². The number of benzene rings is 1. The fourth-order valence-electron chi connectivity index (χ4n) is 2.93. The molecule has 0 radical (unpaired) electrons. The van der Waals surface area contributed by atoms with Gasteiger partial charge in [-0.1, -0.05) is 19.1 Å². The van der Waals surface area contributed by atoms with Crippen molar-refractivity contribution in [3.63, 3.8) is 0 Å². The molecule has 0 saturated carbocycles. The number of aromatic nitrogens is 1. The average Bonchev–Trinajstić information content (AvgIpc) is 2.92. The molecule has 2 aromatic rings. The molecule has 1 heterocycles. The maximum atomic E-state index is 4.93. The van der Waals surface area contributed by atoms with Crippen molar-refractivity contribution in [2.75, 3.05) is 6.54 Å². The smallest absolute Gasteiger partial charge is 0.123 e. The lowest BCUT2D eigenvalue weighted by Gasteiger charge is -2.22. The molecule has 0 aliphatic heterocycles. The summed E-state index contributed by atoms with van der Waals surface area (Å²) in [4.78, 5) is 6.40. The van der Waals surface area contributed by atoms with Gasteiger partial charge in [0, 0.05) is 16.5 Å². The lowest BCUT2D eigenvalue weighted by molar-refractivity contribution is 0.465. The Labute approximate surface area is 131 Å². The Morgan fingerprint density at radius 3 is 2.90 bits per heavy atom. The van der Waals surface area contributed by atoms with Crippen LogP contribution in [0.4, 0.5) is 0 Å². The van der Waals surface area contributed by atoms with E-state index in [2.05, 4.69) is 44.3 Å². The number of fused-ring (bicyclic) bond motifs is 1. The zero-order valence-corrected chi connectivity index (χ0v) is 14.0. The summed E-state index contributed by atoms with van der Waals surface area (Å²) < 4.78 is 0. The average molecular weight is 300 g/mol. The van der Waals surface area contributed by atoms with Gasteiger partial charge in [-0.05, 0) is 63.3 Å². The Kier molecular flexibility index (Phi) is 4.41. The van der Waals surface area contributed by atoms with E-state index in [-0.39, 0.29) is 0 Å². The fraction of sp³-hybridized carbons (Fsp3) is 0.500. The van der Waals surface area contributed by atoms with Crippen LogP contribution in [0.25, 0.3) is 10.6 Å². The van der Waals surface area contributed by atoms with Gasteiger partial charge in [0.15, 0.2) is 0 Å². The number of thiazole rings is 1. The van der Waals surface area contributed by atoms with E-state index in [4.69, 9.17) is 4.98 Å². The summed E-state index contributed by atoms with van der Waals surface area (Å²) in [6.07, 6.45) is 4.83. The van der Waals surface area contributed by atoms with Crippen molar-refractivity contribution in [2.24, 2.45) is 0 Å². The minimum Gasteiger partial charge on any atom is -0.309 e. The minimum absolute atomic E-state index is 0.520. The molecule has 1 atom stereocenters. The van der Waals surface area contributed by atoms with Gasteiger partial charge < -0.3 is 5.32 Å². The molecule has 3 rings (SSSR count). The van der Waals surface area contributed by atoms with Crippen LogP contribution in [0.2, 0.25) is 0 Å². The topological polar surface area (TPSA) is 24.9 Å². The van der Waals surface area contributed by atoms with Crippen LogP contribution in [-0.2, 0) is 6.42 Å². The van der Waals surface area contributed by atoms with E-state index >= 15 is 0 Å². The zero-order valence-electron chi connectivity index (χ0n) is 13.2. The van der Waals surface area contributed by atoms with E-state index in [0.29, 0.717) is 6.04 Å². The molecule has 0 fully saturated rings. The van der Waals surface area contributed by atoms with E-state index in [1.54, 1.807) is 0 Å². The number of hydrogen-bond donors (Lipinski definition) is 1. The lowest BCUT2D eigenvalue weighted by Crippen LogP contribution is -2.24. The first-order valence-electron chi connectivity index (χ1n) is 7.99. The van der Waals surface area contributed by atoms with Crippen LogP contribution in [0.15, 0.2) is 18.2 Å². The quantitative estimate of drug-likeness (QED) is 0.877. The number of rotatable bonds is 4. The van der Waals surface area contributed by atoms with Crippen molar-refractivity contribution < 1.29 is 0 Å². The van der Waals surface area contributed by atoms with Gasteiger partial charge in [-0.15, -0.1) is 11.3 Å².